The molecule has 2 amide bonds. The van der Waals surface area contributed by atoms with Crippen LogP contribution in [-0.2, 0) is 16.1 Å². The SMILES string of the molecule is O=C(CCl)NC1CN(C(=O)OCc2ccccc2)C1. The van der Waals surface area contributed by atoms with Crippen LogP contribution in [0.4, 0.5) is 4.79 Å². The molecule has 0 saturated carbocycles. The monoisotopic (exact) mass is 282 g/mol. The van der Waals surface area contributed by atoms with Crippen molar-refractivity contribution in [2.75, 3.05) is 19.0 Å². The molecule has 6 heteroatoms. The summed E-state index contributed by atoms with van der Waals surface area (Å²) in [4.78, 5) is 24.2. The highest BCUT2D eigenvalue weighted by molar-refractivity contribution is 6.27. The summed E-state index contributed by atoms with van der Waals surface area (Å²) >= 11 is 5.38. The van der Waals surface area contributed by atoms with Crippen molar-refractivity contribution in [3.63, 3.8) is 0 Å². The van der Waals surface area contributed by atoms with Gasteiger partial charge in [0.2, 0.25) is 5.91 Å². The Labute approximate surface area is 116 Å². The highest BCUT2D eigenvalue weighted by Gasteiger charge is 2.32. The Balaban J connectivity index is 1.68. The van der Waals surface area contributed by atoms with Crippen molar-refractivity contribution < 1.29 is 14.3 Å². The summed E-state index contributed by atoms with van der Waals surface area (Å²) in [7, 11) is 0. The standard InChI is InChI=1S/C13H15ClN2O3/c14-6-12(17)15-11-7-16(8-11)13(18)19-9-10-4-2-1-3-5-10/h1-5,11H,6-9H2,(H,15,17). The van der Waals surface area contributed by atoms with Gasteiger partial charge >= 0.3 is 6.09 Å². The Kier molecular flexibility index (Phi) is 4.63. The number of likely N-dealkylation sites (tertiary alicyclic amines) is 1. The predicted octanol–water partition coefficient (Wildman–Crippen LogP) is 1.36. The van der Waals surface area contributed by atoms with Gasteiger partial charge < -0.3 is 15.0 Å². The van der Waals surface area contributed by atoms with E-state index < -0.39 is 0 Å². The first-order valence-electron chi connectivity index (χ1n) is 6.00. The predicted molar refractivity (Wildman–Crippen MR) is 70.9 cm³/mol. The van der Waals surface area contributed by atoms with Gasteiger partial charge in [-0.2, -0.15) is 0 Å². The number of alkyl halides is 1. The van der Waals surface area contributed by atoms with Gasteiger partial charge in [-0.25, -0.2) is 4.79 Å². The zero-order valence-corrected chi connectivity index (χ0v) is 11.1. The molecular weight excluding hydrogens is 268 g/mol. The molecule has 0 aromatic heterocycles. The van der Waals surface area contributed by atoms with E-state index in [0.717, 1.165) is 5.56 Å². The van der Waals surface area contributed by atoms with Crippen molar-refractivity contribution in [3.8, 4) is 0 Å². The third kappa shape index (κ3) is 3.86. The minimum absolute atomic E-state index is 0.0180. The molecule has 0 aliphatic carbocycles. The number of nitrogens with one attached hydrogen (secondary N) is 1. The Morgan fingerprint density at radius 1 is 1.32 bits per heavy atom. The number of nitrogens with zero attached hydrogens (tertiary/aromatic N) is 1. The van der Waals surface area contributed by atoms with Gasteiger partial charge in [0.15, 0.2) is 0 Å². The number of amides is 2. The summed E-state index contributed by atoms with van der Waals surface area (Å²) in [6.45, 7) is 1.20. The maximum Gasteiger partial charge on any atom is 0.410 e. The number of carbonyl (C=O) groups is 2. The Bertz CT molecular complexity index is 446. The van der Waals surface area contributed by atoms with Crippen molar-refractivity contribution in [1.29, 1.82) is 0 Å². The van der Waals surface area contributed by atoms with E-state index in [-0.39, 0.29) is 30.5 Å². The number of hydrogen-bond acceptors (Lipinski definition) is 3. The molecule has 1 aliphatic heterocycles. The zero-order chi connectivity index (χ0) is 13.7. The zero-order valence-electron chi connectivity index (χ0n) is 10.3. The van der Waals surface area contributed by atoms with Gasteiger partial charge in [0, 0.05) is 13.1 Å². The molecule has 0 radical (unpaired) electrons. The highest BCUT2D eigenvalue weighted by atomic mass is 35.5. The van der Waals surface area contributed by atoms with E-state index >= 15 is 0 Å². The summed E-state index contributed by atoms with van der Waals surface area (Å²) in [5.74, 6) is -0.279. The maximum absolute atomic E-state index is 11.7. The quantitative estimate of drug-likeness (QED) is 0.849. The number of rotatable bonds is 4. The molecule has 5 nitrogen and oxygen atoms in total. The van der Waals surface area contributed by atoms with Gasteiger partial charge in [-0.1, -0.05) is 30.3 Å². The van der Waals surface area contributed by atoms with Gasteiger partial charge in [0.05, 0.1) is 6.04 Å². The lowest BCUT2D eigenvalue weighted by atomic mass is 10.1. The molecule has 0 bridgehead atoms. The highest BCUT2D eigenvalue weighted by Crippen LogP contribution is 2.11. The van der Waals surface area contributed by atoms with Gasteiger partial charge in [-0.15, -0.1) is 11.6 Å². The lowest BCUT2D eigenvalue weighted by molar-refractivity contribution is -0.120. The van der Waals surface area contributed by atoms with Crippen LogP contribution in [0.15, 0.2) is 30.3 Å². The van der Waals surface area contributed by atoms with Crippen molar-refractivity contribution in [1.82, 2.24) is 10.2 Å². The molecular formula is C13H15ClN2O3. The first-order valence-corrected chi connectivity index (χ1v) is 6.53. The second-order valence-corrected chi connectivity index (χ2v) is 4.61. The van der Waals surface area contributed by atoms with Gasteiger partial charge in [-0.3, -0.25) is 4.79 Å². The molecule has 1 heterocycles. The van der Waals surface area contributed by atoms with Crippen LogP contribution in [0, 0.1) is 0 Å². The molecule has 1 aromatic carbocycles. The maximum atomic E-state index is 11.7. The van der Waals surface area contributed by atoms with E-state index in [9.17, 15) is 9.59 Å². The van der Waals surface area contributed by atoms with Crippen LogP contribution in [0.25, 0.3) is 0 Å². The summed E-state index contributed by atoms with van der Waals surface area (Å²) in [6, 6.07) is 9.47. The van der Waals surface area contributed by atoms with Gasteiger partial charge in [-0.05, 0) is 5.56 Å². The summed E-state index contributed by atoms with van der Waals surface area (Å²) < 4.78 is 5.16. The number of ether oxygens (including phenoxy) is 1. The van der Waals surface area contributed by atoms with Crippen LogP contribution in [0.1, 0.15) is 5.56 Å². The van der Waals surface area contributed by atoms with Crippen molar-refractivity contribution in [2.24, 2.45) is 0 Å². The van der Waals surface area contributed by atoms with Crippen molar-refractivity contribution >= 4 is 23.6 Å². The molecule has 1 aromatic rings. The van der Waals surface area contributed by atoms with Gasteiger partial charge in [0.25, 0.3) is 0 Å². The number of carbonyl (C=O) groups excluding carboxylic acids is 2. The molecule has 0 spiro atoms. The molecule has 1 aliphatic rings. The first kappa shape index (κ1) is 13.7. The van der Waals surface area contributed by atoms with Crippen LogP contribution >= 0.6 is 11.6 Å². The number of hydrogen-bond donors (Lipinski definition) is 1. The third-order valence-corrected chi connectivity index (χ3v) is 3.07. The van der Waals surface area contributed by atoms with Crippen LogP contribution in [0.2, 0.25) is 0 Å². The normalized spacial score (nSPS) is 14.7. The van der Waals surface area contributed by atoms with E-state index in [4.69, 9.17) is 16.3 Å². The first-order chi connectivity index (χ1) is 9.19. The van der Waals surface area contributed by atoms with E-state index in [2.05, 4.69) is 5.32 Å². The summed E-state index contributed by atoms with van der Waals surface area (Å²) in [6.07, 6.45) is -0.361. The van der Waals surface area contributed by atoms with Crippen LogP contribution in [0.5, 0.6) is 0 Å². The van der Waals surface area contributed by atoms with Gasteiger partial charge in [0.1, 0.15) is 12.5 Å². The molecule has 0 atom stereocenters. The Hall–Kier alpha value is -1.75. The number of halogens is 1. The molecule has 1 N–H and O–H groups in total. The smallest absolute Gasteiger partial charge is 0.410 e. The topological polar surface area (TPSA) is 58.6 Å². The summed E-state index contributed by atoms with van der Waals surface area (Å²) in [5.41, 5.74) is 0.948. The van der Waals surface area contributed by atoms with Crippen molar-refractivity contribution in [3.05, 3.63) is 35.9 Å². The largest absolute Gasteiger partial charge is 0.445 e. The fourth-order valence-electron chi connectivity index (χ4n) is 1.80. The third-order valence-electron chi connectivity index (χ3n) is 2.83. The second kappa shape index (κ2) is 6.43. The lowest BCUT2D eigenvalue weighted by Gasteiger charge is -2.38. The van der Waals surface area contributed by atoms with Crippen LogP contribution < -0.4 is 5.32 Å². The number of benzene rings is 1. The van der Waals surface area contributed by atoms with Crippen LogP contribution in [-0.4, -0.2) is 41.9 Å². The molecule has 19 heavy (non-hydrogen) atoms. The molecule has 2 rings (SSSR count). The Morgan fingerprint density at radius 2 is 2.00 bits per heavy atom. The minimum Gasteiger partial charge on any atom is -0.445 e. The van der Waals surface area contributed by atoms with E-state index in [1.165, 1.54) is 0 Å². The molecule has 0 unspecified atom stereocenters. The Morgan fingerprint density at radius 3 is 2.63 bits per heavy atom. The molecule has 1 fully saturated rings. The van der Waals surface area contributed by atoms with Crippen LogP contribution in [0.3, 0.4) is 0 Å². The average molecular weight is 283 g/mol. The summed E-state index contributed by atoms with van der Waals surface area (Å²) in [5, 5.41) is 2.70. The van der Waals surface area contributed by atoms with E-state index in [1.807, 2.05) is 30.3 Å². The molecule has 1 saturated heterocycles. The van der Waals surface area contributed by atoms with Crippen molar-refractivity contribution in [2.45, 2.75) is 12.6 Å². The fourth-order valence-corrected chi connectivity index (χ4v) is 1.87. The lowest BCUT2D eigenvalue weighted by Crippen LogP contribution is -2.61. The fraction of sp³-hybridized carbons (Fsp3) is 0.385. The second-order valence-electron chi connectivity index (χ2n) is 4.34. The average Bonchev–Trinajstić information content (AvgIpc) is 2.40. The van der Waals surface area contributed by atoms with E-state index in [1.54, 1.807) is 4.90 Å². The minimum atomic E-state index is -0.361. The van der Waals surface area contributed by atoms with E-state index in [0.29, 0.717) is 13.1 Å². The molecule has 102 valence electrons.